The Morgan fingerprint density at radius 1 is 1.36 bits per heavy atom. The number of phenolic OH excluding ortho intramolecular Hbond substituents is 1. The van der Waals surface area contributed by atoms with Gasteiger partial charge in [-0.3, -0.25) is 0 Å². The number of rotatable bonds is 7. The maximum absolute atomic E-state index is 9.84. The third kappa shape index (κ3) is 3.30. The normalized spacial score (nSPS) is 16.4. The number of methoxy groups -OCH3 is 1. The Hall–Kier alpha value is -1.89. The van der Waals surface area contributed by atoms with Crippen LogP contribution >= 0.6 is 0 Å². The lowest BCUT2D eigenvalue weighted by molar-refractivity contribution is -0.0756. The Bertz CT molecular complexity index is 622. The topological polar surface area (TPSA) is 76.8 Å². The number of ether oxygens (including phenoxy) is 2. The van der Waals surface area contributed by atoms with Gasteiger partial charge in [-0.05, 0) is 6.07 Å². The summed E-state index contributed by atoms with van der Waals surface area (Å²) >= 11 is 0. The van der Waals surface area contributed by atoms with E-state index in [4.69, 9.17) is 14.0 Å². The number of phenols is 1. The van der Waals surface area contributed by atoms with Gasteiger partial charge in [-0.2, -0.15) is 0 Å². The van der Waals surface area contributed by atoms with Gasteiger partial charge in [0.15, 0.2) is 5.76 Å². The van der Waals surface area contributed by atoms with E-state index in [9.17, 15) is 5.11 Å². The summed E-state index contributed by atoms with van der Waals surface area (Å²) in [5, 5.41) is 17.4. The molecule has 6 heteroatoms. The monoisotopic (exact) mass is 304 g/mol. The third-order valence-corrected chi connectivity index (χ3v) is 3.82. The molecule has 3 rings (SSSR count). The lowest BCUT2D eigenvalue weighted by atomic mass is 9.91. The molecule has 0 bridgehead atoms. The SMILES string of the molecule is COCc1cc(CC2(NCc3ccccc3O)COC2)no1. The quantitative estimate of drug-likeness (QED) is 0.809. The van der Waals surface area contributed by atoms with Gasteiger partial charge in [0.25, 0.3) is 0 Å². The van der Waals surface area contributed by atoms with Gasteiger partial charge in [-0.15, -0.1) is 0 Å². The van der Waals surface area contributed by atoms with Gasteiger partial charge >= 0.3 is 0 Å². The molecule has 0 radical (unpaired) electrons. The summed E-state index contributed by atoms with van der Waals surface area (Å²) < 4.78 is 15.6. The summed E-state index contributed by atoms with van der Waals surface area (Å²) in [6.07, 6.45) is 0.716. The zero-order valence-electron chi connectivity index (χ0n) is 12.5. The average molecular weight is 304 g/mol. The Balaban J connectivity index is 1.63. The van der Waals surface area contributed by atoms with Gasteiger partial charge in [0.05, 0.1) is 24.4 Å². The van der Waals surface area contributed by atoms with Gasteiger partial charge in [-0.25, -0.2) is 0 Å². The first kappa shape index (κ1) is 15.0. The number of hydrogen-bond acceptors (Lipinski definition) is 6. The molecule has 1 aliphatic heterocycles. The van der Waals surface area contributed by atoms with Crippen molar-refractivity contribution in [3.63, 3.8) is 0 Å². The first-order valence-electron chi connectivity index (χ1n) is 7.24. The number of hydrogen-bond donors (Lipinski definition) is 2. The molecule has 1 aromatic heterocycles. The van der Waals surface area contributed by atoms with Crippen molar-refractivity contribution >= 4 is 0 Å². The molecule has 0 spiro atoms. The highest BCUT2D eigenvalue weighted by molar-refractivity contribution is 5.31. The van der Waals surface area contributed by atoms with E-state index < -0.39 is 0 Å². The summed E-state index contributed by atoms with van der Waals surface area (Å²) in [6.45, 7) is 2.24. The molecule has 1 fully saturated rings. The number of benzene rings is 1. The van der Waals surface area contributed by atoms with Gasteiger partial charge in [-0.1, -0.05) is 23.4 Å². The van der Waals surface area contributed by atoms with Crippen molar-refractivity contribution in [1.82, 2.24) is 10.5 Å². The van der Waals surface area contributed by atoms with Crippen molar-refractivity contribution in [2.75, 3.05) is 20.3 Å². The molecule has 0 unspecified atom stereocenters. The first-order chi connectivity index (χ1) is 10.7. The minimum Gasteiger partial charge on any atom is -0.508 e. The lowest BCUT2D eigenvalue weighted by Crippen LogP contribution is -2.61. The third-order valence-electron chi connectivity index (χ3n) is 3.82. The number of aromatic nitrogens is 1. The highest BCUT2D eigenvalue weighted by atomic mass is 16.5. The van der Waals surface area contributed by atoms with Crippen molar-refractivity contribution in [2.45, 2.75) is 25.1 Å². The van der Waals surface area contributed by atoms with Gasteiger partial charge < -0.3 is 24.4 Å². The van der Waals surface area contributed by atoms with Crippen LogP contribution < -0.4 is 5.32 Å². The van der Waals surface area contributed by atoms with E-state index in [0.717, 1.165) is 11.3 Å². The number of nitrogens with zero attached hydrogens (tertiary/aromatic N) is 1. The maximum atomic E-state index is 9.84. The van der Waals surface area contributed by atoms with Crippen molar-refractivity contribution < 1.29 is 19.1 Å². The summed E-state index contributed by atoms with van der Waals surface area (Å²) in [4.78, 5) is 0. The molecular formula is C16H20N2O4. The Labute approximate surface area is 129 Å². The number of nitrogens with one attached hydrogen (secondary N) is 1. The van der Waals surface area contributed by atoms with Crippen molar-refractivity contribution in [3.8, 4) is 5.75 Å². The van der Waals surface area contributed by atoms with Crippen LogP contribution in [0.4, 0.5) is 0 Å². The van der Waals surface area contributed by atoms with Crippen LogP contribution in [-0.2, 0) is 29.0 Å². The molecular weight excluding hydrogens is 284 g/mol. The molecule has 0 atom stereocenters. The summed E-state index contributed by atoms with van der Waals surface area (Å²) in [6, 6.07) is 9.23. The molecule has 2 aromatic rings. The zero-order chi connectivity index (χ0) is 15.4. The average Bonchev–Trinajstić information content (AvgIpc) is 2.91. The molecule has 118 valence electrons. The number of para-hydroxylation sites is 1. The highest BCUT2D eigenvalue weighted by Gasteiger charge is 2.39. The smallest absolute Gasteiger partial charge is 0.162 e. The van der Waals surface area contributed by atoms with Gasteiger partial charge in [0.2, 0.25) is 0 Å². The van der Waals surface area contributed by atoms with E-state index in [-0.39, 0.29) is 5.54 Å². The van der Waals surface area contributed by atoms with Crippen LogP contribution in [0.1, 0.15) is 17.0 Å². The van der Waals surface area contributed by atoms with Crippen LogP contribution in [0.15, 0.2) is 34.9 Å². The Kier molecular flexibility index (Phi) is 4.42. The molecule has 1 aliphatic rings. The van der Waals surface area contributed by atoms with Crippen LogP contribution in [0.5, 0.6) is 5.75 Å². The van der Waals surface area contributed by atoms with Gasteiger partial charge in [0, 0.05) is 31.7 Å². The van der Waals surface area contributed by atoms with Crippen LogP contribution in [0.2, 0.25) is 0 Å². The predicted octanol–water partition coefficient (Wildman–Crippen LogP) is 1.63. The van der Waals surface area contributed by atoms with E-state index >= 15 is 0 Å². The standard InChI is InChI=1S/C16H20N2O4/c1-20-9-14-6-13(18-22-14)7-16(10-21-11-16)17-8-12-4-2-3-5-15(12)19/h2-6,17,19H,7-11H2,1H3. The second kappa shape index (κ2) is 6.48. The number of aromatic hydroxyl groups is 1. The Morgan fingerprint density at radius 3 is 2.86 bits per heavy atom. The molecule has 0 saturated carbocycles. The fraction of sp³-hybridized carbons (Fsp3) is 0.438. The largest absolute Gasteiger partial charge is 0.508 e. The van der Waals surface area contributed by atoms with Crippen LogP contribution in [0.3, 0.4) is 0 Å². The van der Waals surface area contributed by atoms with E-state index in [0.29, 0.717) is 44.3 Å². The molecule has 0 amide bonds. The first-order valence-corrected chi connectivity index (χ1v) is 7.24. The van der Waals surface area contributed by atoms with E-state index in [1.807, 2.05) is 24.3 Å². The molecule has 6 nitrogen and oxygen atoms in total. The molecule has 1 aromatic carbocycles. The lowest BCUT2D eigenvalue weighted by Gasteiger charge is -2.42. The fourth-order valence-electron chi connectivity index (χ4n) is 2.55. The van der Waals surface area contributed by atoms with E-state index in [1.165, 1.54) is 0 Å². The van der Waals surface area contributed by atoms with E-state index in [2.05, 4.69) is 10.5 Å². The van der Waals surface area contributed by atoms with Crippen LogP contribution in [0.25, 0.3) is 0 Å². The minimum atomic E-state index is -0.163. The van der Waals surface area contributed by atoms with E-state index in [1.54, 1.807) is 13.2 Å². The van der Waals surface area contributed by atoms with Crippen LogP contribution in [0, 0.1) is 0 Å². The molecule has 2 N–H and O–H groups in total. The zero-order valence-corrected chi connectivity index (χ0v) is 12.5. The van der Waals surface area contributed by atoms with Crippen molar-refractivity contribution in [2.24, 2.45) is 0 Å². The minimum absolute atomic E-state index is 0.163. The summed E-state index contributed by atoms with van der Waals surface area (Å²) in [7, 11) is 1.62. The van der Waals surface area contributed by atoms with Crippen molar-refractivity contribution in [1.29, 1.82) is 0 Å². The van der Waals surface area contributed by atoms with Gasteiger partial charge in [0.1, 0.15) is 12.4 Å². The fourth-order valence-corrected chi connectivity index (χ4v) is 2.55. The Morgan fingerprint density at radius 2 is 2.18 bits per heavy atom. The second-order valence-electron chi connectivity index (χ2n) is 5.65. The molecule has 22 heavy (non-hydrogen) atoms. The molecule has 1 saturated heterocycles. The maximum Gasteiger partial charge on any atom is 0.162 e. The van der Waals surface area contributed by atoms with Crippen LogP contribution in [-0.4, -0.2) is 36.1 Å². The predicted molar refractivity (Wildman–Crippen MR) is 79.4 cm³/mol. The summed E-state index contributed by atoms with van der Waals surface area (Å²) in [5.41, 5.74) is 1.58. The van der Waals surface area contributed by atoms with Crippen molar-refractivity contribution in [3.05, 3.63) is 47.3 Å². The second-order valence-corrected chi connectivity index (χ2v) is 5.65. The molecule has 2 heterocycles. The highest BCUT2D eigenvalue weighted by Crippen LogP contribution is 2.24. The molecule has 0 aliphatic carbocycles. The summed E-state index contributed by atoms with van der Waals surface area (Å²) in [5.74, 6) is 1.02.